The Morgan fingerprint density at radius 1 is 1.48 bits per heavy atom. The summed E-state index contributed by atoms with van der Waals surface area (Å²) in [4.78, 5) is 16.8. The molecule has 1 atom stereocenters. The van der Waals surface area contributed by atoms with Gasteiger partial charge in [-0.1, -0.05) is 31.7 Å². The van der Waals surface area contributed by atoms with Gasteiger partial charge >= 0.3 is 0 Å². The molecule has 2 N–H and O–H groups in total. The van der Waals surface area contributed by atoms with E-state index in [0.29, 0.717) is 11.6 Å². The summed E-state index contributed by atoms with van der Waals surface area (Å²) < 4.78 is 1.90. The van der Waals surface area contributed by atoms with E-state index >= 15 is 0 Å². The van der Waals surface area contributed by atoms with Crippen LogP contribution >= 0.6 is 11.8 Å². The predicted octanol–water partition coefficient (Wildman–Crippen LogP) is 2.19. The van der Waals surface area contributed by atoms with Crippen molar-refractivity contribution in [3.63, 3.8) is 0 Å². The molecule has 6 heteroatoms. The zero-order chi connectivity index (χ0) is 15.4. The van der Waals surface area contributed by atoms with Gasteiger partial charge in [-0.3, -0.25) is 9.20 Å². The quantitative estimate of drug-likeness (QED) is 0.803. The summed E-state index contributed by atoms with van der Waals surface area (Å²) in [5.74, 6) is 0.168. The van der Waals surface area contributed by atoms with Gasteiger partial charge in [-0.2, -0.15) is 0 Å². The van der Waals surface area contributed by atoms with Crippen molar-refractivity contribution in [2.24, 2.45) is 5.92 Å². The molecule has 0 aromatic carbocycles. The third kappa shape index (κ3) is 3.57. The fourth-order valence-corrected chi connectivity index (χ4v) is 2.86. The van der Waals surface area contributed by atoms with Crippen LogP contribution in [-0.2, 0) is 0 Å². The van der Waals surface area contributed by atoms with Crippen LogP contribution in [0.4, 0.5) is 0 Å². The summed E-state index contributed by atoms with van der Waals surface area (Å²) in [5.41, 5.74) is 1.18. The molecule has 2 heterocycles. The van der Waals surface area contributed by atoms with Crippen LogP contribution in [0.5, 0.6) is 0 Å². The number of rotatable bonds is 6. The highest BCUT2D eigenvalue weighted by molar-refractivity contribution is 7.98. The maximum Gasteiger partial charge on any atom is 0.272 e. The minimum Gasteiger partial charge on any atom is -0.394 e. The molecule has 0 aliphatic rings. The number of aliphatic hydroxyl groups excluding tert-OH is 1. The lowest BCUT2D eigenvalue weighted by molar-refractivity contribution is 0.0905. The Labute approximate surface area is 128 Å². The molecule has 2 aromatic heterocycles. The summed E-state index contributed by atoms with van der Waals surface area (Å²) >= 11 is 1.49. The van der Waals surface area contributed by atoms with Crippen molar-refractivity contribution in [1.82, 2.24) is 14.7 Å². The fourth-order valence-electron chi connectivity index (χ4n) is 2.32. The van der Waals surface area contributed by atoms with Crippen LogP contribution in [0, 0.1) is 5.92 Å². The van der Waals surface area contributed by atoms with Crippen molar-refractivity contribution in [3.05, 3.63) is 30.1 Å². The minimum absolute atomic E-state index is 0.0644. The van der Waals surface area contributed by atoms with Gasteiger partial charge < -0.3 is 10.4 Å². The number of carbonyl (C=O) groups is 1. The van der Waals surface area contributed by atoms with E-state index in [-0.39, 0.29) is 18.6 Å². The van der Waals surface area contributed by atoms with Crippen LogP contribution in [0.2, 0.25) is 0 Å². The largest absolute Gasteiger partial charge is 0.394 e. The smallest absolute Gasteiger partial charge is 0.272 e. The molecule has 0 aliphatic heterocycles. The van der Waals surface area contributed by atoms with Gasteiger partial charge in [0.25, 0.3) is 5.91 Å². The molecule has 0 saturated carbocycles. The average molecular weight is 307 g/mol. The van der Waals surface area contributed by atoms with E-state index in [1.54, 1.807) is 0 Å². The van der Waals surface area contributed by atoms with Crippen LogP contribution in [-0.4, -0.2) is 39.3 Å². The maximum atomic E-state index is 12.4. The van der Waals surface area contributed by atoms with E-state index in [9.17, 15) is 9.90 Å². The molecule has 0 radical (unpaired) electrons. The van der Waals surface area contributed by atoms with E-state index in [1.807, 2.05) is 35.1 Å². The number of amides is 1. The normalized spacial score (nSPS) is 12.8. The number of hydrogen-bond donors (Lipinski definition) is 2. The molecule has 0 aliphatic carbocycles. The van der Waals surface area contributed by atoms with Gasteiger partial charge in [0.05, 0.1) is 18.2 Å². The Morgan fingerprint density at radius 2 is 2.24 bits per heavy atom. The molecule has 1 unspecified atom stereocenters. The molecule has 114 valence electrons. The number of carbonyl (C=O) groups excluding carboxylic acids is 1. The number of hydrogen-bond acceptors (Lipinski definition) is 4. The zero-order valence-corrected chi connectivity index (χ0v) is 13.4. The predicted molar refractivity (Wildman–Crippen MR) is 84.8 cm³/mol. The maximum absolute atomic E-state index is 12.4. The fraction of sp³-hybridized carbons (Fsp3) is 0.467. The minimum atomic E-state index is -0.240. The van der Waals surface area contributed by atoms with Crippen molar-refractivity contribution in [2.45, 2.75) is 31.5 Å². The molecule has 0 spiro atoms. The second kappa shape index (κ2) is 6.95. The van der Waals surface area contributed by atoms with Gasteiger partial charge in [0.1, 0.15) is 0 Å². The second-order valence-corrected chi connectivity index (χ2v) is 6.16. The Hall–Kier alpha value is -1.53. The van der Waals surface area contributed by atoms with Crippen molar-refractivity contribution < 1.29 is 9.90 Å². The molecule has 21 heavy (non-hydrogen) atoms. The highest BCUT2D eigenvalue weighted by atomic mass is 32.2. The zero-order valence-electron chi connectivity index (χ0n) is 12.5. The van der Waals surface area contributed by atoms with Crippen LogP contribution in [0.1, 0.15) is 30.8 Å². The first kappa shape index (κ1) is 15.9. The number of aromatic nitrogens is 2. The first-order valence-electron chi connectivity index (χ1n) is 6.99. The summed E-state index contributed by atoms with van der Waals surface area (Å²) in [7, 11) is 0. The van der Waals surface area contributed by atoms with Gasteiger partial charge in [0.2, 0.25) is 0 Å². The number of aliphatic hydroxyl groups is 1. The Balaban J connectivity index is 2.27. The van der Waals surface area contributed by atoms with E-state index in [4.69, 9.17) is 0 Å². The number of imidazole rings is 1. The van der Waals surface area contributed by atoms with E-state index in [0.717, 1.165) is 17.1 Å². The van der Waals surface area contributed by atoms with Gasteiger partial charge in [0.15, 0.2) is 10.9 Å². The SMILES string of the molecule is CSc1nc(C(=O)NC(CO)CC(C)C)c2ccccn12. The second-order valence-electron chi connectivity index (χ2n) is 5.39. The monoisotopic (exact) mass is 307 g/mol. The Morgan fingerprint density at radius 3 is 2.86 bits per heavy atom. The summed E-state index contributed by atoms with van der Waals surface area (Å²) in [5, 5.41) is 13.0. The van der Waals surface area contributed by atoms with Crippen molar-refractivity contribution in [1.29, 1.82) is 0 Å². The average Bonchev–Trinajstić information content (AvgIpc) is 2.85. The third-order valence-electron chi connectivity index (χ3n) is 3.23. The van der Waals surface area contributed by atoms with E-state index < -0.39 is 0 Å². The lowest BCUT2D eigenvalue weighted by Gasteiger charge is -2.17. The number of fused-ring (bicyclic) bond motifs is 1. The molecular formula is C15H21N3O2S. The van der Waals surface area contributed by atoms with Gasteiger partial charge in [-0.05, 0) is 30.7 Å². The summed E-state index contributed by atoms with van der Waals surface area (Å²) in [6, 6.07) is 5.43. The molecule has 0 saturated heterocycles. The summed E-state index contributed by atoms with van der Waals surface area (Å²) in [6.45, 7) is 4.06. The number of nitrogens with one attached hydrogen (secondary N) is 1. The standard InChI is InChI=1S/C15H21N3O2S/c1-10(2)8-11(9-19)16-14(20)13-12-6-4-5-7-18(12)15(17-13)21-3/h4-7,10-11,19H,8-9H2,1-3H3,(H,16,20). The number of thioether (sulfide) groups is 1. The van der Waals surface area contributed by atoms with Crippen LogP contribution in [0.3, 0.4) is 0 Å². The molecule has 0 fully saturated rings. The molecule has 5 nitrogen and oxygen atoms in total. The topological polar surface area (TPSA) is 66.6 Å². The number of nitrogens with zero attached hydrogens (tertiary/aromatic N) is 2. The number of pyridine rings is 1. The van der Waals surface area contributed by atoms with Crippen LogP contribution in [0.15, 0.2) is 29.6 Å². The van der Waals surface area contributed by atoms with Gasteiger partial charge in [-0.25, -0.2) is 4.98 Å². The van der Waals surface area contributed by atoms with Gasteiger partial charge in [-0.15, -0.1) is 0 Å². The third-order valence-corrected chi connectivity index (χ3v) is 3.88. The molecule has 2 aromatic rings. The molecule has 1 amide bonds. The van der Waals surface area contributed by atoms with Crippen molar-refractivity contribution in [3.8, 4) is 0 Å². The van der Waals surface area contributed by atoms with Crippen LogP contribution < -0.4 is 5.32 Å². The lowest BCUT2D eigenvalue weighted by Crippen LogP contribution is -2.38. The van der Waals surface area contributed by atoms with Crippen molar-refractivity contribution >= 4 is 23.2 Å². The molecule has 2 rings (SSSR count). The van der Waals surface area contributed by atoms with E-state index in [2.05, 4.69) is 24.1 Å². The highest BCUT2D eigenvalue weighted by Gasteiger charge is 2.20. The first-order chi connectivity index (χ1) is 10.1. The molecular weight excluding hydrogens is 286 g/mol. The highest BCUT2D eigenvalue weighted by Crippen LogP contribution is 2.20. The van der Waals surface area contributed by atoms with Gasteiger partial charge in [0, 0.05) is 6.20 Å². The molecule has 0 bridgehead atoms. The van der Waals surface area contributed by atoms with Crippen molar-refractivity contribution in [2.75, 3.05) is 12.9 Å². The first-order valence-corrected chi connectivity index (χ1v) is 8.22. The lowest BCUT2D eigenvalue weighted by atomic mass is 10.0. The van der Waals surface area contributed by atoms with Crippen LogP contribution in [0.25, 0.3) is 5.52 Å². The van der Waals surface area contributed by atoms with E-state index in [1.165, 1.54) is 11.8 Å². The Kier molecular flexibility index (Phi) is 5.25. The summed E-state index contributed by atoms with van der Waals surface area (Å²) in [6.07, 6.45) is 4.56. The Bertz CT molecular complexity index is 624.